The van der Waals surface area contributed by atoms with Gasteiger partial charge in [-0.05, 0) is 31.6 Å². The molecule has 2 N–H and O–H groups in total. The van der Waals surface area contributed by atoms with Crippen LogP contribution in [-0.4, -0.2) is 47.3 Å². The summed E-state index contributed by atoms with van der Waals surface area (Å²) in [6, 6.07) is -1.07. The molecule has 2 atom stereocenters. The summed E-state index contributed by atoms with van der Waals surface area (Å²) in [5, 5.41) is 11.4. The van der Waals surface area contributed by atoms with Crippen molar-refractivity contribution >= 4 is 12.0 Å². The molecule has 1 aliphatic heterocycles. The Kier molecular flexibility index (Phi) is 4.63. The Balaban J connectivity index is 1.91. The van der Waals surface area contributed by atoms with Crippen molar-refractivity contribution < 1.29 is 27.9 Å². The third-order valence-electron chi connectivity index (χ3n) is 4.07. The normalized spacial score (nSPS) is 24.5. The quantitative estimate of drug-likeness (QED) is 0.836. The second kappa shape index (κ2) is 6.11. The van der Waals surface area contributed by atoms with Crippen LogP contribution in [0.15, 0.2) is 0 Å². The molecule has 0 spiro atoms. The number of carbonyl (C=O) groups excluding carboxylic acids is 1. The lowest BCUT2D eigenvalue weighted by Crippen LogP contribution is -2.51. The summed E-state index contributed by atoms with van der Waals surface area (Å²) >= 11 is 0. The van der Waals surface area contributed by atoms with Crippen molar-refractivity contribution in [1.82, 2.24) is 10.2 Å². The SMILES string of the molecule is O=C(O)CC(NC(=O)N1CCCC(C(F)(F)F)C1)C1CC1. The molecule has 0 aromatic carbocycles. The number of carboxylic acids is 1. The number of amides is 2. The van der Waals surface area contributed by atoms with Crippen LogP contribution in [0.25, 0.3) is 0 Å². The Morgan fingerprint density at radius 3 is 2.48 bits per heavy atom. The van der Waals surface area contributed by atoms with E-state index in [0.29, 0.717) is 6.42 Å². The monoisotopic (exact) mass is 308 g/mol. The second-order valence-corrected chi connectivity index (χ2v) is 5.82. The molecule has 5 nitrogen and oxygen atoms in total. The predicted octanol–water partition coefficient (Wildman–Crippen LogP) is 2.22. The van der Waals surface area contributed by atoms with Crippen LogP contribution < -0.4 is 5.32 Å². The summed E-state index contributed by atoms with van der Waals surface area (Å²) in [4.78, 5) is 24.0. The van der Waals surface area contributed by atoms with Crippen LogP contribution in [0.5, 0.6) is 0 Å². The van der Waals surface area contributed by atoms with Gasteiger partial charge in [0.25, 0.3) is 0 Å². The predicted molar refractivity (Wildman–Crippen MR) is 67.6 cm³/mol. The molecule has 21 heavy (non-hydrogen) atoms. The van der Waals surface area contributed by atoms with Gasteiger partial charge in [0.1, 0.15) is 0 Å². The van der Waals surface area contributed by atoms with E-state index in [4.69, 9.17) is 5.11 Å². The smallest absolute Gasteiger partial charge is 0.393 e. The highest BCUT2D eigenvalue weighted by atomic mass is 19.4. The summed E-state index contributed by atoms with van der Waals surface area (Å²) in [6.07, 6.45) is -2.44. The van der Waals surface area contributed by atoms with E-state index >= 15 is 0 Å². The number of hydrogen-bond acceptors (Lipinski definition) is 2. The fourth-order valence-electron chi connectivity index (χ4n) is 2.70. The van der Waals surface area contributed by atoms with Crippen LogP contribution >= 0.6 is 0 Å². The first-order valence-corrected chi connectivity index (χ1v) is 7.11. The van der Waals surface area contributed by atoms with Crippen molar-refractivity contribution in [3.63, 3.8) is 0 Å². The minimum atomic E-state index is -4.30. The van der Waals surface area contributed by atoms with Gasteiger partial charge in [-0.2, -0.15) is 13.2 Å². The summed E-state index contributed by atoms with van der Waals surface area (Å²) in [5.74, 6) is -2.37. The number of piperidine rings is 1. The molecule has 2 fully saturated rings. The average Bonchev–Trinajstić information content (AvgIpc) is 3.20. The molecule has 0 aromatic heterocycles. The maximum Gasteiger partial charge on any atom is 0.393 e. The van der Waals surface area contributed by atoms with Gasteiger partial charge in [-0.15, -0.1) is 0 Å². The Bertz CT molecular complexity index is 410. The van der Waals surface area contributed by atoms with Gasteiger partial charge in [0.05, 0.1) is 12.3 Å². The second-order valence-electron chi connectivity index (χ2n) is 5.82. The largest absolute Gasteiger partial charge is 0.481 e. The number of nitrogens with one attached hydrogen (secondary N) is 1. The molecular formula is C13H19F3N2O3. The molecule has 2 rings (SSSR count). The van der Waals surface area contributed by atoms with Gasteiger partial charge in [-0.25, -0.2) is 4.79 Å². The highest BCUT2D eigenvalue weighted by Gasteiger charge is 2.43. The highest BCUT2D eigenvalue weighted by molar-refractivity contribution is 5.76. The van der Waals surface area contributed by atoms with Crippen molar-refractivity contribution in [2.24, 2.45) is 11.8 Å². The van der Waals surface area contributed by atoms with Gasteiger partial charge in [0, 0.05) is 19.1 Å². The third-order valence-corrected chi connectivity index (χ3v) is 4.07. The maximum absolute atomic E-state index is 12.7. The number of halogens is 3. The molecule has 1 saturated carbocycles. The number of hydrogen-bond donors (Lipinski definition) is 2. The lowest BCUT2D eigenvalue weighted by molar-refractivity contribution is -0.184. The first kappa shape index (κ1) is 15.9. The van der Waals surface area contributed by atoms with Gasteiger partial charge in [-0.3, -0.25) is 4.79 Å². The van der Waals surface area contributed by atoms with E-state index < -0.39 is 30.1 Å². The van der Waals surface area contributed by atoms with Crippen LogP contribution in [0.4, 0.5) is 18.0 Å². The molecule has 8 heteroatoms. The Labute approximate surface area is 120 Å². The molecular weight excluding hydrogens is 289 g/mol. The number of rotatable bonds is 4. The molecule has 2 aliphatic rings. The molecule has 2 amide bonds. The standard InChI is InChI=1S/C13H19F3N2O3/c14-13(15,16)9-2-1-5-18(7-9)12(21)17-10(6-11(19)20)8-3-4-8/h8-10H,1-7H2,(H,17,21)(H,19,20). The zero-order chi connectivity index (χ0) is 15.6. The van der Waals surface area contributed by atoms with Gasteiger partial charge >= 0.3 is 18.2 Å². The van der Waals surface area contributed by atoms with E-state index in [1.165, 1.54) is 0 Å². The van der Waals surface area contributed by atoms with Gasteiger partial charge in [0.15, 0.2) is 0 Å². The average molecular weight is 308 g/mol. The summed E-state index contributed by atoms with van der Waals surface area (Å²) in [7, 11) is 0. The van der Waals surface area contributed by atoms with Gasteiger partial charge in [0.2, 0.25) is 0 Å². The molecule has 1 aliphatic carbocycles. The molecule has 120 valence electrons. The fourth-order valence-corrected chi connectivity index (χ4v) is 2.70. The van der Waals surface area contributed by atoms with Crippen molar-refractivity contribution in [3.8, 4) is 0 Å². The Hall–Kier alpha value is -1.47. The molecule has 2 unspecified atom stereocenters. The van der Waals surface area contributed by atoms with Crippen molar-refractivity contribution in [2.75, 3.05) is 13.1 Å². The van der Waals surface area contributed by atoms with Crippen LogP contribution in [-0.2, 0) is 4.79 Å². The first-order chi connectivity index (χ1) is 9.77. The number of likely N-dealkylation sites (tertiary alicyclic amines) is 1. The zero-order valence-corrected chi connectivity index (χ0v) is 11.5. The number of carboxylic acid groups (broad SMARTS) is 1. The summed E-state index contributed by atoms with van der Waals surface area (Å²) < 4.78 is 38.1. The number of alkyl halides is 3. The maximum atomic E-state index is 12.7. The van der Waals surface area contributed by atoms with Crippen LogP contribution in [0, 0.1) is 11.8 Å². The van der Waals surface area contributed by atoms with Crippen LogP contribution in [0.2, 0.25) is 0 Å². The van der Waals surface area contributed by atoms with Gasteiger partial charge in [-0.1, -0.05) is 0 Å². The van der Waals surface area contributed by atoms with Crippen molar-refractivity contribution in [2.45, 2.75) is 44.3 Å². The Morgan fingerprint density at radius 2 is 1.95 bits per heavy atom. The van der Waals surface area contributed by atoms with Crippen molar-refractivity contribution in [3.05, 3.63) is 0 Å². The molecule has 0 bridgehead atoms. The highest BCUT2D eigenvalue weighted by Crippen LogP contribution is 2.35. The Morgan fingerprint density at radius 1 is 1.29 bits per heavy atom. The number of carbonyl (C=O) groups is 2. The molecule has 0 aromatic rings. The van der Waals surface area contributed by atoms with Crippen molar-refractivity contribution in [1.29, 1.82) is 0 Å². The van der Waals surface area contributed by atoms with Crippen LogP contribution in [0.1, 0.15) is 32.1 Å². The summed E-state index contributed by atoms with van der Waals surface area (Å²) in [6.45, 7) is -0.0668. The van der Waals surface area contributed by atoms with Crippen LogP contribution in [0.3, 0.4) is 0 Å². The molecule has 1 heterocycles. The van der Waals surface area contributed by atoms with E-state index in [1.807, 2.05) is 0 Å². The molecule has 1 saturated heterocycles. The number of aliphatic carboxylic acids is 1. The lowest BCUT2D eigenvalue weighted by Gasteiger charge is -2.34. The zero-order valence-electron chi connectivity index (χ0n) is 11.5. The fraction of sp³-hybridized carbons (Fsp3) is 0.846. The first-order valence-electron chi connectivity index (χ1n) is 7.11. The topological polar surface area (TPSA) is 69.6 Å². The number of nitrogens with zero attached hydrogens (tertiary/aromatic N) is 1. The van der Waals surface area contributed by atoms with E-state index in [2.05, 4.69) is 5.32 Å². The minimum Gasteiger partial charge on any atom is -0.481 e. The van der Waals surface area contributed by atoms with E-state index in [-0.39, 0.29) is 31.8 Å². The minimum absolute atomic E-state index is 0.0362. The van der Waals surface area contributed by atoms with E-state index in [9.17, 15) is 22.8 Å². The number of urea groups is 1. The molecule has 0 radical (unpaired) electrons. The third kappa shape index (κ3) is 4.50. The van der Waals surface area contributed by atoms with Gasteiger partial charge < -0.3 is 15.3 Å². The lowest BCUT2D eigenvalue weighted by atomic mass is 9.98. The van der Waals surface area contributed by atoms with E-state index in [1.54, 1.807) is 0 Å². The summed E-state index contributed by atoms with van der Waals surface area (Å²) in [5.41, 5.74) is 0. The van der Waals surface area contributed by atoms with E-state index in [0.717, 1.165) is 17.7 Å².